The predicted octanol–water partition coefficient (Wildman–Crippen LogP) is 6.13. The Balaban J connectivity index is 1.72. The molecule has 1 unspecified atom stereocenters. The Hall–Kier alpha value is -3.48. The molecular weight excluding hydrogens is 342 g/mol. The molecule has 27 heavy (non-hydrogen) atoms. The van der Waals surface area contributed by atoms with Crippen LogP contribution in [-0.2, 0) is 0 Å². The minimum atomic E-state index is -0.433. The average molecular weight is 361 g/mol. The number of nitro groups is 1. The number of azo groups is 1. The van der Waals surface area contributed by atoms with Gasteiger partial charge in [-0.2, -0.15) is 5.11 Å². The molecule has 0 bridgehead atoms. The van der Waals surface area contributed by atoms with Crippen molar-refractivity contribution in [3.05, 3.63) is 64.7 Å². The van der Waals surface area contributed by atoms with Crippen molar-refractivity contribution in [2.75, 3.05) is 10.6 Å². The Bertz CT molecular complexity index is 1050. The van der Waals surface area contributed by atoms with Crippen LogP contribution in [0.5, 0.6) is 0 Å². The van der Waals surface area contributed by atoms with Gasteiger partial charge in [-0.05, 0) is 43.7 Å². The summed E-state index contributed by atoms with van der Waals surface area (Å²) in [5, 5.41) is 28.6. The molecule has 7 heteroatoms. The first-order valence-corrected chi connectivity index (χ1v) is 8.77. The molecule has 0 radical (unpaired) electrons. The lowest BCUT2D eigenvalue weighted by atomic mass is 9.98. The lowest BCUT2D eigenvalue weighted by Gasteiger charge is -2.38. The fraction of sp³-hybridized carbons (Fsp3) is 0.200. The van der Waals surface area contributed by atoms with Gasteiger partial charge in [-0.15, -0.1) is 5.11 Å². The van der Waals surface area contributed by atoms with Gasteiger partial charge in [0.1, 0.15) is 5.66 Å². The molecule has 3 aromatic carbocycles. The van der Waals surface area contributed by atoms with Crippen LogP contribution in [0.3, 0.4) is 0 Å². The van der Waals surface area contributed by atoms with Gasteiger partial charge in [0.05, 0.1) is 16.3 Å². The number of nitrogens with one attached hydrogen (secondary N) is 2. The molecule has 1 aliphatic rings. The maximum absolute atomic E-state index is 10.7. The molecule has 7 nitrogen and oxygen atoms in total. The van der Waals surface area contributed by atoms with E-state index >= 15 is 0 Å². The molecule has 0 fully saturated rings. The predicted molar refractivity (Wildman–Crippen MR) is 107 cm³/mol. The van der Waals surface area contributed by atoms with Crippen molar-refractivity contribution in [3.8, 4) is 0 Å². The first kappa shape index (κ1) is 17.0. The number of hydrogen-bond donors (Lipinski definition) is 2. The van der Waals surface area contributed by atoms with Crippen molar-refractivity contribution >= 4 is 39.2 Å². The second-order valence-electron chi connectivity index (χ2n) is 6.77. The highest BCUT2D eigenvalue weighted by Crippen LogP contribution is 2.42. The third-order valence-corrected chi connectivity index (χ3v) is 4.88. The SMILES string of the molecule is CCC1(C)Nc2cccc3c(N=Nc4ccc([N+](=O)[O-])cc4)ccc(c23)N1. The smallest absolute Gasteiger partial charge is 0.269 e. The van der Waals surface area contributed by atoms with E-state index in [4.69, 9.17) is 0 Å². The van der Waals surface area contributed by atoms with Crippen LogP contribution in [0.2, 0.25) is 0 Å². The van der Waals surface area contributed by atoms with E-state index in [1.165, 1.54) is 12.1 Å². The first-order valence-electron chi connectivity index (χ1n) is 8.77. The lowest BCUT2D eigenvalue weighted by molar-refractivity contribution is -0.384. The largest absolute Gasteiger partial charge is 0.363 e. The molecule has 0 spiro atoms. The molecule has 0 amide bonds. The van der Waals surface area contributed by atoms with Crippen molar-refractivity contribution in [3.63, 3.8) is 0 Å². The highest BCUT2D eigenvalue weighted by atomic mass is 16.6. The van der Waals surface area contributed by atoms with E-state index in [-0.39, 0.29) is 11.4 Å². The molecule has 0 saturated carbocycles. The van der Waals surface area contributed by atoms with E-state index in [2.05, 4.69) is 40.8 Å². The Morgan fingerprint density at radius 1 is 1.00 bits per heavy atom. The molecule has 0 aliphatic carbocycles. The van der Waals surface area contributed by atoms with Crippen molar-refractivity contribution in [2.45, 2.75) is 25.9 Å². The molecule has 3 aromatic rings. The number of nitrogens with zero attached hydrogens (tertiary/aromatic N) is 3. The molecule has 1 heterocycles. The van der Waals surface area contributed by atoms with Crippen molar-refractivity contribution in [1.82, 2.24) is 0 Å². The minimum absolute atomic E-state index is 0.0339. The third kappa shape index (κ3) is 3.08. The van der Waals surface area contributed by atoms with Crippen LogP contribution < -0.4 is 10.6 Å². The molecule has 4 rings (SSSR count). The highest BCUT2D eigenvalue weighted by Gasteiger charge is 2.28. The van der Waals surface area contributed by atoms with Crippen LogP contribution in [-0.4, -0.2) is 10.6 Å². The summed E-state index contributed by atoms with van der Waals surface area (Å²) in [6.07, 6.45) is 0.935. The molecule has 1 atom stereocenters. The molecule has 2 N–H and O–H groups in total. The molecule has 0 saturated heterocycles. The standard InChI is InChI=1S/C20H19N5O2/c1-3-20(2)21-17-6-4-5-15-16(11-12-18(22-20)19(15)17)24-23-13-7-9-14(10-8-13)25(26)27/h4-12,21-22H,3H2,1-2H3. The second kappa shape index (κ2) is 6.35. The summed E-state index contributed by atoms with van der Waals surface area (Å²) in [7, 11) is 0. The molecule has 1 aliphatic heterocycles. The normalized spacial score (nSPS) is 18.3. The number of nitro benzene ring substituents is 1. The van der Waals surface area contributed by atoms with E-state index in [1.807, 2.05) is 24.3 Å². The van der Waals surface area contributed by atoms with E-state index in [0.29, 0.717) is 5.69 Å². The topological polar surface area (TPSA) is 91.9 Å². The maximum Gasteiger partial charge on any atom is 0.269 e. The van der Waals surface area contributed by atoms with Crippen molar-refractivity contribution in [2.24, 2.45) is 10.2 Å². The van der Waals surface area contributed by atoms with E-state index in [1.54, 1.807) is 12.1 Å². The van der Waals surface area contributed by atoms with Gasteiger partial charge >= 0.3 is 0 Å². The van der Waals surface area contributed by atoms with Gasteiger partial charge in [0.25, 0.3) is 5.69 Å². The summed E-state index contributed by atoms with van der Waals surface area (Å²) in [6.45, 7) is 4.27. The molecule has 0 aromatic heterocycles. The Morgan fingerprint density at radius 2 is 1.70 bits per heavy atom. The zero-order valence-corrected chi connectivity index (χ0v) is 15.1. The van der Waals surface area contributed by atoms with Crippen molar-refractivity contribution in [1.29, 1.82) is 0 Å². The quantitative estimate of drug-likeness (QED) is 0.332. The van der Waals surface area contributed by atoms with Gasteiger partial charge in [-0.1, -0.05) is 19.1 Å². The average Bonchev–Trinajstić information content (AvgIpc) is 2.67. The van der Waals surface area contributed by atoms with E-state index in [9.17, 15) is 10.1 Å². The van der Waals surface area contributed by atoms with E-state index < -0.39 is 4.92 Å². The second-order valence-corrected chi connectivity index (χ2v) is 6.77. The summed E-state index contributed by atoms with van der Waals surface area (Å²) in [6, 6.07) is 16.1. The van der Waals surface area contributed by atoms with Gasteiger partial charge < -0.3 is 10.6 Å². The minimum Gasteiger partial charge on any atom is -0.363 e. The van der Waals surface area contributed by atoms with Crippen LogP contribution >= 0.6 is 0 Å². The summed E-state index contributed by atoms with van der Waals surface area (Å²) in [5.41, 5.74) is 3.29. The highest BCUT2D eigenvalue weighted by molar-refractivity contribution is 6.09. The van der Waals surface area contributed by atoms with Crippen molar-refractivity contribution < 1.29 is 4.92 Å². The fourth-order valence-electron chi connectivity index (χ4n) is 3.24. The Morgan fingerprint density at radius 3 is 2.37 bits per heavy atom. The summed E-state index contributed by atoms with van der Waals surface area (Å²) in [4.78, 5) is 10.3. The zero-order valence-electron chi connectivity index (χ0n) is 15.1. The number of rotatable bonds is 4. The van der Waals surface area contributed by atoms with Crippen LogP contribution in [0.4, 0.5) is 28.4 Å². The number of benzene rings is 3. The number of non-ortho nitro benzene ring substituents is 1. The van der Waals surface area contributed by atoms with Gasteiger partial charge in [0.2, 0.25) is 0 Å². The van der Waals surface area contributed by atoms with E-state index in [0.717, 1.165) is 34.3 Å². The summed E-state index contributed by atoms with van der Waals surface area (Å²) < 4.78 is 0. The van der Waals surface area contributed by atoms with Crippen LogP contribution in [0.25, 0.3) is 10.8 Å². The van der Waals surface area contributed by atoms with Gasteiger partial charge in [-0.3, -0.25) is 10.1 Å². The maximum atomic E-state index is 10.7. The summed E-state index contributed by atoms with van der Waals surface area (Å²) in [5.74, 6) is 0. The Labute approximate surface area is 156 Å². The third-order valence-electron chi connectivity index (χ3n) is 4.88. The zero-order chi connectivity index (χ0) is 19.0. The molecular formula is C20H19N5O2. The first-order chi connectivity index (χ1) is 13.0. The van der Waals surface area contributed by atoms with Crippen LogP contribution in [0.15, 0.2) is 64.8 Å². The number of anilines is 2. The van der Waals surface area contributed by atoms with Gasteiger partial charge in [0, 0.05) is 34.3 Å². The molecule has 136 valence electrons. The van der Waals surface area contributed by atoms with Crippen LogP contribution in [0, 0.1) is 10.1 Å². The summed E-state index contributed by atoms with van der Waals surface area (Å²) >= 11 is 0. The Kier molecular flexibility index (Phi) is 3.99. The monoisotopic (exact) mass is 361 g/mol. The fourth-order valence-corrected chi connectivity index (χ4v) is 3.24. The lowest BCUT2D eigenvalue weighted by Crippen LogP contribution is -2.44. The van der Waals surface area contributed by atoms with Gasteiger partial charge in [0.15, 0.2) is 0 Å². The number of hydrogen-bond acceptors (Lipinski definition) is 6. The van der Waals surface area contributed by atoms with Gasteiger partial charge in [-0.25, -0.2) is 0 Å². The van der Waals surface area contributed by atoms with Crippen LogP contribution in [0.1, 0.15) is 20.3 Å².